The molecule has 0 amide bonds. The van der Waals surface area contributed by atoms with Crippen molar-refractivity contribution in [1.29, 1.82) is 0 Å². The molecule has 2 aromatic heterocycles. The molecule has 0 fully saturated rings. The van der Waals surface area contributed by atoms with Crippen LogP contribution in [0.25, 0.3) is 22.5 Å². The molecule has 2 heterocycles. The molecule has 0 aliphatic carbocycles. The Balaban J connectivity index is 0.00000417. The van der Waals surface area contributed by atoms with Gasteiger partial charge in [0.25, 0.3) is 0 Å². The summed E-state index contributed by atoms with van der Waals surface area (Å²) in [5.41, 5.74) is 0.330. The number of aromatic nitrogens is 2. The number of halogens is 6. The maximum atomic E-state index is 13.6. The summed E-state index contributed by atoms with van der Waals surface area (Å²) in [6, 6.07) is 40.9. The Bertz CT molecular complexity index is 1800. The van der Waals surface area contributed by atoms with E-state index in [9.17, 15) is 26.3 Å². The molecule has 0 saturated heterocycles. The molecular weight excluding hydrogens is 781 g/mol. The van der Waals surface area contributed by atoms with Crippen LogP contribution in [0.5, 0.6) is 0 Å². The molecule has 0 spiro atoms. The van der Waals surface area contributed by atoms with E-state index in [0.29, 0.717) is 11.4 Å². The predicted molar refractivity (Wildman–Crippen MR) is 159 cm³/mol. The zero-order chi connectivity index (χ0) is 31.7. The van der Waals surface area contributed by atoms with Gasteiger partial charge in [0.15, 0.2) is 0 Å². The van der Waals surface area contributed by atoms with Crippen molar-refractivity contribution in [1.82, 2.24) is 9.97 Å². The summed E-state index contributed by atoms with van der Waals surface area (Å²) in [4.78, 5) is 9.84. The Morgan fingerprint density at radius 1 is 0.435 bits per heavy atom. The molecule has 2 nitrogen and oxygen atoms in total. The largest absolute Gasteiger partial charge is 2.00 e. The molecule has 46 heavy (non-hydrogen) atoms. The van der Waals surface area contributed by atoms with E-state index in [1.807, 2.05) is 60.7 Å². The van der Waals surface area contributed by atoms with Crippen molar-refractivity contribution in [2.24, 2.45) is 0 Å². The number of pyridine rings is 2. The van der Waals surface area contributed by atoms with Gasteiger partial charge in [-0.3, -0.25) is 9.97 Å². The van der Waals surface area contributed by atoms with Crippen LogP contribution in [-0.2, 0) is 38.8 Å². The van der Waals surface area contributed by atoms with Crippen LogP contribution < -0.4 is 0 Å². The first kappa shape index (κ1) is 32.8. The van der Waals surface area contributed by atoms with Crippen LogP contribution in [-0.4, -0.2) is 9.97 Å². The Labute approximate surface area is 276 Å². The zero-order valence-electron chi connectivity index (χ0n) is 23.7. The van der Waals surface area contributed by atoms with Gasteiger partial charge in [0, 0.05) is 0 Å². The van der Waals surface area contributed by atoms with Gasteiger partial charge in [-0.2, -0.15) is 26.3 Å². The fraction of sp³-hybridized carbons (Fsp3) is 0.0811. The number of rotatable bonds is 6. The molecule has 0 unspecified atom stereocenters. The van der Waals surface area contributed by atoms with Gasteiger partial charge >= 0.3 is 33.4 Å². The Kier molecular flexibility index (Phi) is 9.31. The number of nitrogens with zero attached hydrogens (tertiary/aromatic N) is 2. The summed E-state index contributed by atoms with van der Waals surface area (Å²) in [5.74, 6) is 0. The van der Waals surface area contributed by atoms with E-state index in [0.717, 1.165) is 35.4 Å². The molecule has 0 bridgehead atoms. The SMILES string of the molecule is FC(F)(F)c1cc[c-]c(-c2cccc(C(c3ccccc3)(c3ccccc3)c3cccc(-c4[c-]ccc(C(F)(F)F)c4)n3)n2)c1.[Pt+2]. The molecule has 6 aromatic rings. The number of hydrogen-bond acceptors (Lipinski definition) is 2. The molecule has 4 aromatic carbocycles. The number of benzene rings is 4. The predicted octanol–water partition coefficient (Wildman–Crippen LogP) is 9.83. The third kappa shape index (κ3) is 6.40. The van der Waals surface area contributed by atoms with Crippen LogP contribution in [0.3, 0.4) is 0 Å². The molecule has 0 aliphatic rings. The van der Waals surface area contributed by atoms with E-state index in [2.05, 4.69) is 12.1 Å². The smallest absolute Gasteiger partial charge is 0.300 e. The van der Waals surface area contributed by atoms with Crippen LogP contribution in [0, 0.1) is 12.1 Å². The summed E-state index contributed by atoms with van der Waals surface area (Å²) in [6.07, 6.45) is -9.10. The van der Waals surface area contributed by atoms with Crippen molar-refractivity contribution in [3.8, 4) is 22.5 Å². The average Bonchev–Trinajstić information content (AvgIpc) is 3.06. The van der Waals surface area contributed by atoms with Crippen molar-refractivity contribution < 1.29 is 47.4 Å². The molecule has 9 heteroatoms. The fourth-order valence-corrected chi connectivity index (χ4v) is 5.43. The first-order chi connectivity index (χ1) is 21.6. The minimum absolute atomic E-state index is 0. The normalized spacial score (nSPS) is 12.0. The van der Waals surface area contributed by atoms with Gasteiger partial charge in [-0.25, -0.2) is 0 Å². The Hall–Kier alpha value is -4.55. The van der Waals surface area contributed by atoms with Crippen LogP contribution in [0.4, 0.5) is 26.3 Å². The maximum Gasteiger partial charge on any atom is 2.00 e. The van der Waals surface area contributed by atoms with Gasteiger partial charge in [0.1, 0.15) is 5.41 Å². The summed E-state index contributed by atoms with van der Waals surface area (Å²) in [6.45, 7) is 0. The third-order valence-corrected chi connectivity index (χ3v) is 7.49. The maximum absolute atomic E-state index is 13.6. The standard InChI is InChI=1S/C37H22F6N2.Pt/c38-36(39,40)29-17-7-11-25(23-29)31-19-9-21-33(44-31)35(27-13-3-1-4-14-27,28-15-5-2-6-16-28)34-22-10-20-32(45-34)26-12-8-18-30(24-26)37(41,42)43;/h1-10,13-24H;/q-2;+2. The number of hydrogen-bond donors (Lipinski definition) is 0. The molecule has 232 valence electrons. The van der Waals surface area contributed by atoms with E-state index in [1.54, 1.807) is 36.4 Å². The quantitative estimate of drug-likeness (QED) is 0.124. The van der Waals surface area contributed by atoms with Crippen LogP contribution in [0.15, 0.2) is 133 Å². The summed E-state index contributed by atoms with van der Waals surface area (Å²) in [7, 11) is 0. The van der Waals surface area contributed by atoms with Crippen LogP contribution >= 0.6 is 0 Å². The van der Waals surface area contributed by atoms with Crippen molar-refractivity contribution in [2.75, 3.05) is 0 Å². The monoisotopic (exact) mass is 803 g/mol. The van der Waals surface area contributed by atoms with Crippen LogP contribution in [0.1, 0.15) is 33.6 Å². The fourth-order valence-electron chi connectivity index (χ4n) is 5.43. The van der Waals surface area contributed by atoms with Gasteiger partial charge in [-0.1, -0.05) is 84.9 Å². The molecule has 0 radical (unpaired) electrons. The molecule has 0 atom stereocenters. The summed E-state index contributed by atoms with van der Waals surface area (Å²) < 4.78 is 81.5. The molecule has 0 N–H and O–H groups in total. The number of alkyl halides is 6. The first-order valence-electron chi connectivity index (χ1n) is 13.8. The van der Waals surface area contributed by atoms with E-state index in [1.165, 1.54) is 12.1 Å². The van der Waals surface area contributed by atoms with E-state index in [4.69, 9.17) is 9.97 Å². The second-order valence-corrected chi connectivity index (χ2v) is 10.3. The van der Waals surface area contributed by atoms with Crippen molar-refractivity contribution in [2.45, 2.75) is 17.8 Å². The van der Waals surface area contributed by atoms with Gasteiger partial charge < -0.3 is 0 Å². The zero-order valence-corrected chi connectivity index (χ0v) is 26.0. The van der Waals surface area contributed by atoms with Crippen molar-refractivity contribution >= 4 is 0 Å². The Morgan fingerprint density at radius 2 is 0.826 bits per heavy atom. The van der Waals surface area contributed by atoms with Gasteiger partial charge in [0.2, 0.25) is 0 Å². The summed E-state index contributed by atoms with van der Waals surface area (Å²) >= 11 is 0. The molecule has 0 aliphatic heterocycles. The molecular formula is C37H22F6N2Pt. The van der Waals surface area contributed by atoms with Crippen LogP contribution in [0.2, 0.25) is 0 Å². The molecule has 6 rings (SSSR count). The first-order valence-corrected chi connectivity index (χ1v) is 13.8. The average molecular weight is 804 g/mol. The van der Waals surface area contributed by atoms with Gasteiger partial charge in [-0.15, -0.1) is 59.7 Å². The second-order valence-electron chi connectivity index (χ2n) is 10.3. The van der Waals surface area contributed by atoms with E-state index >= 15 is 0 Å². The minimum Gasteiger partial charge on any atom is -0.300 e. The van der Waals surface area contributed by atoms with Gasteiger partial charge in [0.05, 0.1) is 11.4 Å². The second kappa shape index (κ2) is 13.1. The minimum atomic E-state index is -4.55. The van der Waals surface area contributed by atoms with E-state index in [-0.39, 0.29) is 43.6 Å². The van der Waals surface area contributed by atoms with Crippen molar-refractivity contribution in [3.63, 3.8) is 0 Å². The third-order valence-electron chi connectivity index (χ3n) is 7.49. The Morgan fingerprint density at radius 3 is 1.20 bits per heavy atom. The molecule has 0 saturated carbocycles. The summed E-state index contributed by atoms with van der Waals surface area (Å²) in [5, 5.41) is 0. The van der Waals surface area contributed by atoms with Gasteiger partial charge in [-0.05, 0) is 45.8 Å². The topological polar surface area (TPSA) is 25.8 Å². The van der Waals surface area contributed by atoms with Crippen molar-refractivity contribution in [3.05, 3.63) is 179 Å². The van der Waals surface area contributed by atoms with E-state index < -0.39 is 28.9 Å².